The first kappa shape index (κ1) is 21.1. The van der Waals surface area contributed by atoms with Gasteiger partial charge in [-0.15, -0.1) is 10.2 Å². The lowest BCUT2D eigenvalue weighted by Crippen LogP contribution is -2.36. The van der Waals surface area contributed by atoms with Crippen LogP contribution in [0.4, 0.5) is 8.78 Å². The van der Waals surface area contributed by atoms with Gasteiger partial charge in [0.1, 0.15) is 23.0 Å². The molecule has 166 valence electrons. The van der Waals surface area contributed by atoms with E-state index in [9.17, 15) is 13.6 Å². The second-order valence-corrected chi connectivity index (χ2v) is 8.15. The number of carbonyl (C=O) groups is 1. The van der Waals surface area contributed by atoms with Gasteiger partial charge in [-0.25, -0.2) is 18.7 Å². The Balaban J connectivity index is 1.50. The normalized spacial score (nSPS) is 14.6. The number of amides is 1. The lowest BCUT2D eigenvalue weighted by atomic mass is 9.95. The van der Waals surface area contributed by atoms with E-state index in [4.69, 9.17) is 4.98 Å². The van der Waals surface area contributed by atoms with Crippen molar-refractivity contribution in [1.29, 1.82) is 0 Å². The molecule has 0 radical (unpaired) electrons. The summed E-state index contributed by atoms with van der Waals surface area (Å²) >= 11 is 0. The molecule has 1 saturated heterocycles. The van der Waals surface area contributed by atoms with Crippen molar-refractivity contribution < 1.29 is 13.6 Å². The van der Waals surface area contributed by atoms with Crippen molar-refractivity contribution >= 4 is 16.8 Å². The molecule has 0 unspecified atom stereocenters. The van der Waals surface area contributed by atoms with Crippen molar-refractivity contribution in [1.82, 2.24) is 25.1 Å². The highest BCUT2D eigenvalue weighted by atomic mass is 19.1. The molecule has 0 saturated carbocycles. The van der Waals surface area contributed by atoms with Gasteiger partial charge in [0.15, 0.2) is 0 Å². The molecule has 8 heteroatoms. The molecule has 4 aromatic rings. The largest absolute Gasteiger partial charge is 0.343 e. The molecule has 0 N–H and O–H groups in total. The van der Waals surface area contributed by atoms with Crippen molar-refractivity contribution in [2.45, 2.75) is 25.7 Å². The number of piperidine rings is 1. The fourth-order valence-corrected chi connectivity index (χ4v) is 4.31. The van der Waals surface area contributed by atoms with E-state index in [1.165, 1.54) is 18.2 Å². The Morgan fingerprint density at radius 3 is 2.42 bits per heavy atom. The van der Waals surface area contributed by atoms with Gasteiger partial charge < -0.3 is 4.90 Å². The van der Waals surface area contributed by atoms with Crippen molar-refractivity contribution in [2.24, 2.45) is 0 Å². The average Bonchev–Trinajstić information content (AvgIpc) is 2.83. The van der Waals surface area contributed by atoms with Crippen LogP contribution in [0.25, 0.3) is 33.4 Å². The summed E-state index contributed by atoms with van der Waals surface area (Å²) in [6.45, 7) is 2.98. The lowest BCUT2D eigenvalue weighted by Gasteiger charge is -2.30. The highest BCUT2D eigenvalue weighted by Crippen LogP contribution is 2.31. The van der Waals surface area contributed by atoms with Crippen LogP contribution >= 0.6 is 0 Å². The minimum absolute atomic E-state index is 0.0899. The van der Waals surface area contributed by atoms with Gasteiger partial charge in [0, 0.05) is 43.1 Å². The maximum atomic E-state index is 14.2. The average molecular weight is 445 g/mol. The third-order valence-electron chi connectivity index (χ3n) is 6.09. The first-order valence-electron chi connectivity index (χ1n) is 10.8. The fraction of sp³-hybridized carbons (Fsp3) is 0.240. The van der Waals surface area contributed by atoms with Gasteiger partial charge in [-0.3, -0.25) is 4.79 Å². The molecule has 33 heavy (non-hydrogen) atoms. The summed E-state index contributed by atoms with van der Waals surface area (Å²) in [6, 6.07) is 12.7. The summed E-state index contributed by atoms with van der Waals surface area (Å²) in [7, 11) is 0. The van der Waals surface area contributed by atoms with Crippen LogP contribution in [0, 0.1) is 11.6 Å². The van der Waals surface area contributed by atoms with E-state index in [2.05, 4.69) is 15.2 Å². The van der Waals surface area contributed by atoms with E-state index in [0.717, 1.165) is 24.2 Å². The summed E-state index contributed by atoms with van der Waals surface area (Å²) < 4.78 is 28.4. The SMILES string of the molecule is CC(=O)N1CCC(c2nccc(-c3cccc4cc(-c5c(F)cccc5F)nnc34)n2)CC1. The molecule has 3 heterocycles. The van der Waals surface area contributed by atoms with E-state index >= 15 is 0 Å². The molecule has 5 rings (SSSR count). The van der Waals surface area contributed by atoms with Crippen LogP contribution in [0.2, 0.25) is 0 Å². The molecule has 0 atom stereocenters. The molecular formula is C25H21F2N5O. The molecule has 1 aliphatic rings. The Bertz CT molecular complexity index is 1330. The van der Waals surface area contributed by atoms with Crippen LogP contribution in [-0.2, 0) is 4.79 Å². The standard InChI is InChI=1S/C25H21F2N5O/c1-15(33)32-12-9-16(10-13-32)25-28-11-8-21(29-25)18-5-2-4-17-14-22(30-31-24(17)18)23-19(26)6-3-7-20(23)27/h2-8,11,14,16H,9-10,12-13H2,1H3. The van der Waals surface area contributed by atoms with Gasteiger partial charge in [0.05, 0.1) is 17.0 Å². The maximum Gasteiger partial charge on any atom is 0.219 e. The Morgan fingerprint density at radius 2 is 1.70 bits per heavy atom. The quantitative estimate of drug-likeness (QED) is 0.455. The number of benzene rings is 2. The maximum absolute atomic E-state index is 14.2. The molecule has 0 spiro atoms. The third kappa shape index (κ3) is 4.04. The number of hydrogen-bond acceptors (Lipinski definition) is 5. The van der Waals surface area contributed by atoms with Crippen LogP contribution in [0.1, 0.15) is 31.5 Å². The van der Waals surface area contributed by atoms with Crippen LogP contribution in [0.15, 0.2) is 54.7 Å². The van der Waals surface area contributed by atoms with Crippen molar-refractivity contribution in [3.8, 4) is 22.5 Å². The molecule has 2 aromatic heterocycles. The number of hydrogen-bond donors (Lipinski definition) is 0. The van der Waals surface area contributed by atoms with E-state index in [1.54, 1.807) is 19.2 Å². The molecular weight excluding hydrogens is 424 g/mol. The second-order valence-electron chi connectivity index (χ2n) is 8.15. The minimum atomic E-state index is -0.684. The highest BCUT2D eigenvalue weighted by molar-refractivity contribution is 5.93. The summed E-state index contributed by atoms with van der Waals surface area (Å²) in [5.41, 5.74) is 2.01. The third-order valence-corrected chi connectivity index (χ3v) is 6.09. The summed E-state index contributed by atoms with van der Waals surface area (Å²) in [4.78, 5) is 22.7. The topological polar surface area (TPSA) is 71.9 Å². The Hall–Kier alpha value is -3.81. The van der Waals surface area contributed by atoms with E-state index in [1.807, 2.05) is 29.2 Å². The van der Waals surface area contributed by atoms with Crippen molar-refractivity contribution in [3.63, 3.8) is 0 Å². The number of nitrogens with zero attached hydrogens (tertiary/aromatic N) is 5. The summed E-state index contributed by atoms with van der Waals surface area (Å²) in [6.07, 6.45) is 3.36. The van der Waals surface area contributed by atoms with E-state index in [0.29, 0.717) is 29.7 Å². The molecule has 1 fully saturated rings. The zero-order valence-corrected chi connectivity index (χ0v) is 18.0. The molecule has 1 aliphatic heterocycles. The zero-order chi connectivity index (χ0) is 22.9. The molecule has 1 amide bonds. The Morgan fingerprint density at radius 1 is 0.970 bits per heavy atom. The zero-order valence-electron chi connectivity index (χ0n) is 18.0. The predicted octanol–water partition coefficient (Wildman–Crippen LogP) is 4.76. The van der Waals surface area contributed by atoms with Crippen molar-refractivity contribution in [3.05, 3.63) is 72.2 Å². The second kappa shape index (κ2) is 8.61. The molecule has 0 bridgehead atoms. The Kier molecular flexibility index (Phi) is 5.50. The number of carbonyl (C=O) groups excluding carboxylic acids is 1. The summed E-state index contributed by atoms with van der Waals surface area (Å²) in [5.74, 6) is -0.359. The van der Waals surface area contributed by atoms with Crippen LogP contribution < -0.4 is 0 Å². The number of aromatic nitrogens is 4. The van der Waals surface area contributed by atoms with Gasteiger partial charge in [0.25, 0.3) is 0 Å². The van der Waals surface area contributed by atoms with Gasteiger partial charge in [-0.1, -0.05) is 24.3 Å². The fourth-order valence-electron chi connectivity index (χ4n) is 4.31. The monoisotopic (exact) mass is 445 g/mol. The first-order chi connectivity index (χ1) is 16.0. The Labute approximate surface area is 189 Å². The minimum Gasteiger partial charge on any atom is -0.343 e. The number of fused-ring (bicyclic) bond motifs is 1. The van der Waals surface area contributed by atoms with Crippen LogP contribution in [-0.4, -0.2) is 44.1 Å². The number of likely N-dealkylation sites (tertiary alicyclic amines) is 1. The first-order valence-corrected chi connectivity index (χ1v) is 10.8. The van der Waals surface area contributed by atoms with Crippen LogP contribution in [0.3, 0.4) is 0 Å². The van der Waals surface area contributed by atoms with Gasteiger partial charge in [-0.2, -0.15) is 0 Å². The highest BCUT2D eigenvalue weighted by Gasteiger charge is 2.24. The molecule has 0 aliphatic carbocycles. The van der Waals surface area contributed by atoms with E-state index in [-0.39, 0.29) is 23.1 Å². The van der Waals surface area contributed by atoms with E-state index < -0.39 is 11.6 Å². The lowest BCUT2D eigenvalue weighted by molar-refractivity contribution is -0.129. The van der Waals surface area contributed by atoms with Crippen LogP contribution in [0.5, 0.6) is 0 Å². The van der Waals surface area contributed by atoms with Gasteiger partial charge in [0.2, 0.25) is 5.91 Å². The summed E-state index contributed by atoms with van der Waals surface area (Å²) in [5, 5.41) is 9.11. The van der Waals surface area contributed by atoms with Crippen molar-refractivity contribution in [2.75, 3.05) is 13.1 Å². The number of halogens is 2. The molecule has 6 nitrogen and oxygen atoms in total. The predicted molar refractivity (Wildman–Crippen MR) is 120 cm³/mol. The molecule has 2 aromatic carbocycles. The van der Waals surface area contributed by atoms with Gasteiger partial charge in [-0.05, 0) is 37.1 Å². The smallest absolute Gasteiger partial charge is 0.219 e. The number of rotatable bonds is 3. The van der Waals surface area contributed by atoms with Gasteiger partial charge >= 0.3 is 0 Å².